The second-order valence-corrected chi connectivity index (χ2v) is 4.94. The van der Waals surface area contributed by atoms with Crippen molar-refractivity contribution >= 4 is 11.9 Å². The lowest BCUT2D eigenvalue weighted by Gasteiger charge is -2.22. The summed E-state index contributed by atoms with van der Waals surface area (Å²) in [5.41, 5.74) is 1.09. The van der Waals surface area contributed by atoms with Crippen molar-refractivity contribution in [2.24, 2.45) is 5.92 Å². The Labute approximate surface area is 119 Å². The van der Waals surface area contributed by atoms with Gasteiger partial charge in [-0.3, -0.25) is 9.78 Å². The van der Waals surface area contributed by atoms with Gasteiger partial charge in [-0.2, -0.15) is 0 Å². The molecule has 0 aromatic carbocycles. The van der Waals surface area contributed by atoms with Gasteiger partial charge in [0.2, 0.25) is 0 Å². The Morgan fingerprint density at radius 3 is 2.71 bits per heavy atom. The van der Waals surface area contributed by atoms with Crippen LogP contribution in [0.3, 0.4) is 0 Å². The summed E-state index contributed by atoms with van der Waals surface area (Å²) >= 11 is 0. The maximum absolute atomic E-state index is 11.3. The number of hydrogen-bond acceptors (Lipinski definition) is 4. The minimum absolute atomic E-state index is 0.0144. The second kappa shape index (κ2) is 5.01. The van der Waals surface area contributed by atoms with Gasteiger partial charge in [-0.1, -0.05) is 6.07 Å². The predicted molar refractivity (Wildman–Crippen MR) is 71.9 cm³/mol. The summed E-state index contributed by atoms with van der Waals surface area (Å²) in [5, 5.41) is 18.4. The SMILES string of the molecule is O=C(O)c1nc(-c2ccccn2)n2c1CCC(C(=O)O)C2. The fourth-order valence-corrected chi connectivity index (χ4v) is 2.62. The van der Waals surface area contributed by atoms with Crippen LogP contribution >= 0.6 is 0 Å². The Morgan fingerprint density at radius 2 is 2.10 bits per heavy atom. The maximum Gasteiger partial charge on any atom is 0.356 e. The lowest BCUT2D eigenvalue weighted by molar-refractivity contribution is -0.142. The molecule has 0 saturated heterocycles. The van der Waals surface area contributed by atoms with Crippen LogP contribution in [0.15, 0.2) is 24.4 Å². The van der Waals surface area contributed by atoms with E-state index >= 15 is 0 Å². The first kappa shape index (κ1) is 13.3. The Bertz CT molecular complexity index is 709. The number of rotatable bonds is 3. The molecule has 0 aliphatic carbocycles. The van der Waals surface area contributed by atoms with Gasteiger partial charge >= 0.3 is 11.9 Å². The number of hydrogen-bond donors (Lipinski definition) is 2. The number of aromatic carboxylic acids is 1. The van der Waals surface area contributed by atoms with Crippen LogP contribution in [0.4, 0.5) is 0 Å². The highest BCUT2D eigenvalue weighted by Crippen LogP contribution is 2.29. The van der Waals surface area contributed by atoms with Gasteiger partial charge in [0.25, 0.3) is 0 Å². The predicted octanol–water partition coefficient (Wildman–Crippen LogP) is 1.29. The average Bonchev–Trinajstić information content (AvgIpc) is 2.87. The quantitative estimate of drug-likeness (QED) is 0.881. The Hall–Kier alpha value is -2.70. The summed E-state index contributed by atoms with van der Waals surface area (Å²) in [5.74, 6) is -2.10. The van der Waals surface area contributed by atoms with Gasteiger partial charge in [-0.05, 0) is 25.0 Å². The summed E-state index contributed by atoms with van der Waals surface area (Å²) in [6.07, 6.45) is 2.40. The number of pyridine rings is 1. The lowest BCUT2D eigenvalue weighted by atomic mass is 9.97. The van der Waals surface area contributed by atoms with E-state index in [-0.39, 0.29) is 12.2 Å². The molecule has 1 aliphatic rings. The third kappa shape index (κ3) is 2.26. The molecule has 7 heteroatoms. The second-order valence-electron chi connectivity index (χ2n) is 4.94. The molecule has 2 aromatic heterocycles. The highest BCUT2D eigenvalue weighted by atomic mass is 16.4. The van der Waals surface area contributed by atoms with E-state index in [4.69, 9.17) is 0 Å². The number of carbonyl (C=O) groups is 2. The van der Waals surface area contributed by atoms with Gasteiger partial charge in [-0.25, -0.2) is 9.78 Å². The van der Waals surface area contributed by atoms with Gasteiger partial charge in [-0.15, -0.1) is 0 Å². The number of nitrogens with zero attached hydrogens (tertiary/aromatic N) is 3. The highest BCUT2D eigenvalue weighted by Gasteiger charge is 2.31. The molecule has 1 aliphatic heterocycles. The van der Waals surface area contributed by atoms with Crippen LogP contribution in [0, 0.1) is 5.92 Å². The van der Waals surface area contributed by atoms with E-state index in [0.717, 1.165) is 0 Å². The monoisotopic (exact) mass is 287 g/mol. The highest BCUT2D eigenvalue weighted by molar-refractivity contribution is 5.88. The molecule has 0 fully saturated rings. The molecule has 0 radical (unpaired) electrons. The molecule has 2 aromatic rings. The van der Waals surface area contributed by atoms with Gasteiger partial charge in [0.05, 0.1) is 11.6 Å². The Morgan fingerprint density at radius 1 is 1.29 bits per heavy atom. The minimum Gasteiger partial charge on any atom is -0.481 e. The van der Waals surface area contributed by atoms with Gasteiger partial charge in [0, 0.05) is 12.7 Å². The summed E-state index contributed by atoms with van der Waals surface area (Å²) in [6.45, 7) is 0.219. The molecule has 0 bridgehead atoms. The first-order valence-electron chi connectivity index (χ1n) is 6.55. The zero-order valence-electron chi connectivity index (χ0n) is 11.1. The van der Waals surface area contributed by atoms with E-state index in [1.807, 2.05) is 0 Å². The van der Waals surface area contributed by atoms with Gasteiger partial charge in [0.15, 0.2) is 11.5 Å². The maximum atomic E-state index is 11.3. The van der Waals surface area contributed by atoms with Crippen LogP contribution in [0.5, 0.6) is 0 Å². The van der Waals surface area contributed by atoms with E-state index in [1.165, 1.54) is 0 Å². The zero-order chi connectivity index (χ0) is 15.0. The van der Waals surface area contributed by atoms with E-state index in [9.17, 15) is 19.8 Å². The molecule has 3 rings (SSSR count). The van der Waals surface area contributed by atoms with Crippen molar-refractivity contribution in [3.63, 3.8) is 0 Å². The van der Waals surface area contributed by atoms with Crippen molar-refractivity contribution in [1.82, 2.24) is 14.5 Å². The number of aromatic nitrogens is 3. The van der Waals surface area contributed by atoms with E-state index < -0.39 is 17.9 Å². The number of carboxylic acid groups (broad SMARTS) is 2. The number of imidazole rings is 1. The van der Waals surface area contributed by atoms with Crippen LogP contribution in [-0.4, -0.2) is 36.7 Å². The van der Waals surface area contributed by atoms with Crippen LogP contribution in [0.25, 0.3) is 11.5 Å². The summed E-state index contributed by atoms with van der Waals surface area (Å²) in [7, 11) is 0. The van der Waals surface area contributed by atoms with E-state index in [2.05, 4.69) is 9.97 Å². The molecule has 21 heavy (non-hydrogen) atoms. The van der Waals surface area contributed by atoms with E-state index in [0.29, 0.717) is 30.1 Å². The number of aliphatic carboxylic acids is 1. The summed E-state index contributed by atoms with van der Waals surface area (Å²) in [4.78, 5) is 30.8. The molecule has 2 N–H and O–H groups in total. The first-order chi connectivity index (χ1) is 10.1. The number of carboxylic acids is 2. The third-order valence-electron chi connectivity index (χ3n) is 3.65. The van der Waals surface area contributed by atoms with Crippen molar-refractivity contribution in [3.8, 4) is 11.5 Å². The molecule has 3 heterocycles. The fourth-order valence-electron chi connectivity index (χ4n) is 2.62. The van der Waals surface area contributed by atoms with Crippen LogP contribution in [0.1, 0.15) is 22.6 Å². The average molecular weight is 287 g/mol. The molecule has 7 nitrogen and oxygen atoms in total. The van der Waals surface area contributed by atoms with Crippen molar-refractivity contribution < 1.29 is 19.8 Å². The Balaban J connectivity index is 2.13. The normalized spacial score (nSPS) is 17.2. The lowest BCUT2D eigenvalue weighted by Crippen LogP contribution is -2.27. The molecule has 0 amide bonds. The molecule has 0 spiro atoms. The molecular weight excluding hydrogens is 274 g/mol. The minimum atomic E-state index is -1.10. The first-order valence-corrected chi connectivity index (χ1v) is 6.55. The summed E-state index contributed by atoms with van der Waals surface area (Å²) in [6, 6.07) is 5.26. The standard InChI is InChI=1S/C14H13N3O4/c18-13(19)8-4-5-10-11(14(20)21)16-12(17(10)7-8)9-3-1-2-6-15-9/h1-3,6,8H,4-5,7H2,(H,18,19)(H,20,21). The van der Waals surface area contributed by atoms with Crippen LogP contribution < -0.4 is 0 Å². The van der Waals surface area contributed by atoms with Crippen LogP contribution in [-0.2, 0) is 17.8 Å². The van der Waals surface area contributed by atoms with Crippen molar-refractivity contribution in [2.45, 2.75) is 19.4 Å². The molecule has 1 unspecified atom stereocenters. The molecular formula is C14H13N3O4. The van der Waals surface area contributed by atoms with Crippen molar-refractivity contribution in [1.29, 1.82) is 0 Å². The van der Waals surface area contributed by atoms with Gasteiger partial charge < -0.3 is 14.8 Å². The van der Waals surface area contributed by atoms with Crippen molar-refractivity contribution in [3.05, 3.63) is 35.8 Å². The topological polar surface area (TPSA) is 105 Å². The van der Waals surface area contributed by atoms with Crippen LogP contribution in [0.2, 0.25) is 0 Å². The molecule has 1 atom stereocenters. The van der Waals surface area contributed by atoms with Crippen molar-refractivity contribution in [2.75, 3.05) is 0 Å². The third-order valence-corrected chi connectivity index (χ3v) is 3.65. The fraction of sp³-hybridized carbons (Fsp3) is 0.286. The largest absolute Gasteiger partial charge is 0.481 e. The molecule has 108 valence electrons. The van der Waals surface area contributed by atoms with E-state index in [1.54, 1.807) is 29.0 Å². The molecule has 0 saturated carbocycles. The summed E-state index contributed by atoms with van der Waals surface area (Å²) < 4.78 is 1.67. The number of fused-ring (bicyclic) bond motifs is 1. The Kier molecular flexibility index (Phi) is 3.17. The van der Waals surface area contributed by atoms with Gasteiger partial charge in [0.1, 0.15) is 5.69 Å². The smallest absolute Gasteiger partial charge is 0.356 e. The zero-order valence-corrected chi connectivity index (χ0v) is 11.1.